The molecule has 0 amide bonds. The Kier molecular flexibility index (Phi) is 9.52. The van der Waals surface area contributed by atoms with Gasteiger partial charge in [-0.2, -0.15) is 0 Å². The summed E-state index contributed by atoms with van der Waals surface area (Å²) in [5, 5.41) is 2.52. The van der Waals surface area contributed by atoms with Crippen molar-refractivity contribution in [3.63, 3.8) is 0 Å². The van der Waals surface area contributed by atoms with Crippen LogP contribution in [0.5, 0.6) is 0 Å². The van der Waals surface area contributed by atoms with E-state index in [1.54, 1.807) is 0 Å². The summed E-state index contributed by atoms with van der Waals surface area (Å²) in [5.41, 5.74) is 27.3. The fraction of sp³-hybridized carbons (Fsp3) is 0.155. The number of aromatic nitrogens is 1. The first-order chi connectivity index (χ1) is 35.5. The molecular weight excluding hydrogens is 867 g/mol. The monoisotopic (exact) mass is 923 g/mol. The van der Waals surface area contributed by atoms with Crippen molar-refractivity contribution in [3.8, 4) is 61.3 Å². The zero-order valence-electron chi connectivity index (χ0n) is 41.6. The highest BCUT2D eigenvalue weighted by Gasteiger charge is 2.47. The summed E-state index contributed by atoms with van der Waals surface area (Å²) in [5.74, 6) is 0. The topological polar surface area (TPSA) is 4.93 Å². The van der Waals surface area contributed by atoms with Crippen LogP contribution in [-0.2, 0) is 16.2 Å². The average molecular weight is 924 g/mol. The quantitative estimate of drug-likeness (QED) is 0.136. The summed E-state index contributed by atoms with van der Waals surface area (Å²) in [6.07, 6.45) is 4.28. The maximum Gasteiger partial charge on any atom is 0.0714 e. The van der Waals surface area contributed by atoms with Crippen LogP contribution in [-0.4, -0.2) is 4.57 Å². The molecule has 1 aromatic heterocycles. The fourth-order valence-corrected chi connectivity index (χ4v) is 14.5. The molecule has 0 saturated heterocycles. The zero-order valence-corrected chi connectivity index (χ0v) is 41.6. The fourth-order valence-electron chi connectivity index (χ4n) is 14.5. The molecular formula is C71H57N. The Bertz CT molecular complexity index is 3760. The first-order valence-corrected chi connectivity index (χ1v) is 26.4. The van der Waals surface area contributed by atoms with Crippen molar-refractivity contribution in [3.05, 3.63) is 269 Å². The first-order valence-electron chi connectivity index (χ1n) is 26.4. The zero-order chi connectivity index (χ0) is 48.3. The van der Waals surface area contributed by atoms with E-state index >= 15 is 0 Å². The minimum atomic E-state index is -0.498. The highest BCUT2D eigenvalue weighted by Crippen LogP contribution is 2.58. The maximum atomic E-state index is 2.54. The van der Waals surface area contributed by atoms with Crippen LogP contribution >= 0.6 is 0 Å². The largest absolute Gasteiger partial charge is 0.309 e. The standard InChI is InChI=1S/C71H57N/c1-5-69(6-2)61-28-18-15-25-53(61)56-36-31-48(43-64(56)69)46-33-39-67-59(41-46)60-42-47(49-32-37-57-54-26-16-19-29-62(54)70(7-3,8-4)65(57)44-49)34-40-68(60)72(67)52-35-38-58-55-27-17-20-30-63(55)71(66(58)45-52,50-21-11-9-12-22-50)51-23-13-10-14-24-51/h9-45H,5-8H2,1-4H3. The number of nitrogens with zero attached hydrogens (tertiary/aromatic N) is 1. The third-order valence-corrected chi connectivity index (χ3v) is 18.1. The lowest BCUT2D eigenvalue weighted by atomic mass is 9.67. The van der Waals surface area contributed by atoms with E-state index in [0.29, 0.717) is 0 Å². The summed E-state index contributed by atoms with van der Waals surface area (Å²) >= 11 is 0. The van der Waals surface area contributed by atoms with Crippen molar-refractivity contribution in [1.29, 1.82) is 0 Å². The van der Waals surface area contributed by atoms with Crippen LogP contribution in [0.15, 0.2) is 224 Å². The van der Waals surface area contributed by atoms with Crippen molar-refractivity contribution >= 4 is 21.8 Å². The van der Waals surface area contributed by atoms with E-state index < -0.39 is 5.41 Å². The van der Waals surface area contributed by atoms with Crippen LogP contribution in [0.2, 0.25) is 0 Å². The molecule has 0 saturated carbocycles. The van der Waals surface area contributed by atoms with Gasteiger partial charge < -0.3 is 4.57 Å². The molecule has 0 spiro atoms. The van der Waals surface area contributed by atoms with Crippen molar-refractivity contribution < 1.29 is 0 Å². The van der Waals surface area contributed by atoms with E-state index in [1.807, 2.05) is 0 Å². The lowest BCUT2D eigenvalue weighted by Gasteiger charge is -2.34. The highest BCUT2D eigenvalue weighted by atomic mass is 15.0. The molecule has 10 aromatic carbocycles. The molecule has 72 heavy (non-hydrogen) atoms. The molecule has 1 heterocycles. The number of hydrogen-bond donors (Lipinski definition) is 0. The molecule has 0 radical (unpaired) electrons. The Morgan fingerprint density at radius 2 is 0.653 bits per heavy atom. The lowest BCUT2D eigenvalue weighted by Crippen LogP contribution is -2.28. The molecule has 0 unspecified atom stereocenters. The molecule has 346 valence electrons. The molecule has 0 N–H and O–H groups in total. The van der Waals surface area contributed by atoms with E-state index in [-0.39, 0.29) is 10.8 Å². The number of benzene rings is 10. The molecule has 1 nitrogen and oxygen atoms in total. The van der Waals surface area contributed by atoms with E-state index in [2.05, 4.69) is 257 Å². The molecule has 3 aliphatic rings. The predicted molar refractivity (Wildman–Crippen MR) is 303 cm³/mol. The van der Waals surface area contributed by atoms with Crippen molar-refractivity contribution in [2.75, 3.05) is 0 Å². The molecule has 11 aromatic rings. The van der Waals surface area contributed by atoms with E-state index in [0.717, 1.165) is 31.4 Å². The highest BCUT2D eigenvalue weighted by molar-refractivity contribution is 6.12. The van der Waals surface area contributed by atoms with Gasteiger partial charge in [0.15, 0.2) is 0 Å². The summed E-state index contributed by atoms with van der Waals surface area (Å²) in [7, 11) is 0. The molecule has 14 rings (SSSR count). The van der Waals surface area contributed by atoms with Gasteiger partial charge in [-0.25, -0.2) is 0 Å². The van der Waals surface area contributed by atoms with Gasteiger partial charge in [-0.1, -0.05) is 204 Å². The second kappa shape index (κ2) is 16.0. The van der Waals surface area contributed by atoms with Crippen LogP contribution in [0.25, 0.3) is 83.1 Å². The van der Waals surface area contributed by atoms with Gasteiger partial charge in [-0.3, -0.25) is 0 Å². The molecule has 0 atom stereocenters. The third-order valence-electron chi connectivity index (χ3n) is 18.1. The first kappa shape index (κ1) is 42.8. The Balaban J connectivity index is 0.999. The molecule has 0 bridgehead atoms. The van der Waals surface area contributed by atoms with Crippen LogP contribution in [0.3, 0.4) is 0 Å². The Morgan fingerprint density at radius 1 is 0.292 bits per heavy atom. The summed E-state index contributed by atoms with van der Waals surface area (Å²) in [6, 6.07) is 86.0. The smallest absolute Gasteiger partial charge is 0.0714 e. The Labute approximate surface area is 424 Å². The summed E-state index contributed by atoms with van der Waals surface area (Å²) < 4.78 is 2.54. The van der Waals surface area contributed by atoms with Crippen molar-refractivity contribution in [2.24, 2.45) is 0 Å². The molecule has 0 aliphatic heterocycles. The Morgan fingerprint density at radius 3 is 1.12 bits per heavy atom. The van der Waals surface area contributed by atoms with E-state index in [4.69, 9.17) is 0 Å². The minimum absolute atomic E-state index is 0.00326. The van der Waals surface area contributed by atoms with Gasteiger partial charge in [0.25, 0.3) is 0 Å². The molecule has 1 heteroatoms. The summed E-state index contributed by atoms with van der Waals surface area (Å²) in [6.45, 7) is 9.47. The second-order valence-corrected chi connectivity index (χ2v) is 20.7. The summed E-state index contributed by atoms with van der Waals surface area (Å²) in [4.78, 5) is 0. The number of rotatable bonds is 9. The normalized spacial score (nSPS) is 14.9. The Hall–Kier alpha value is -8.00. The van der Waals surface area contributed by atoms with Gasteiger partial charge in [-0.05, 0) is 174 Å². The van der Waals surface area contributed by atoms with Crippen LogP contribution in [0.1, 0.15) is 97.9 Å². The third kappa shape index (κ3) is 5.65. The van der Waals surface area contributed by atoms with Gasteiger partial charge >= 0.3 is 0 Å². The number of fused-ring (bicyclic) bond motifs is 12. The van der Waals surface area contributed by atoms with Gasteiger partial charge in [-0.15, -0.1) is 0 Å². The average Bonchev–Trinajstić information content (AvgIpc) is 4.13. The van der Waals surface area contributed by atoms with Crippen LogP contribution in [0.4, 0.5) is 0 Å². The van der Waals surface area contributed by atoms with Gasteiger partial charge in [0.05, 0.1) is 16.4 Å². The lowest BCUT2D eigenvalue weighted by molar-refractivity contribution is 0.490. The van der Waals surface area contributed by atoms with Crippen LogP contribution < -0.4 is 0 Å². The van der Waals surface area contributed by atoms with Gasteiger partial charge in [0, 0.05) is 27.3 Å². The minimum Gasteiger partial charge on any atom is -0.309 e. The van der Waals surface area contributed by atoms with E-state index in [9.17, 15) is 0 Å². The maximum absolute atomic E-state index is 2.54. The van der Waals surface area contributed by atoms with Crippen molar-refractivity contribution in [2.45, 2.75) is 69.6 Å². The second-order valence-electron chi connectivity index (χ2n) is 20.7. The van der Waals surface area contributed by atoms with Gasteiger partial charge in [0.2, 0.25) is 0 Å². The molecule has 3 aliphatic carbocycles. The molecule has 0 fully saturated rings. The van der Waals surface area contributed by atoms with Crippen molar-refractivity contribution in [1.82, 2.24) is 4.57 Å². The van der Waals surface area contributed by atoms with Crippen LogP contribution in [0, 0.1) is 0 Å². The number of hydrogen-bond acceptors (Lipinski definition) is 0. The SMILES string of the molecule is CCC1(CC)c2ccccc2-c2ccc(-c3ccc4c(c3)c3cc(-c5ccc6c(c5)C(CC)(CC)c5ccccc5-6)ccc3n4-c3ccc4c(c3)C(c3ccccc3)(c3ccccc3)c3ccccc3-4)cc21. The van der Waals surface area contributed by atoms with Gasteiger partial charge in [0.1, 0.15) is 0 Å². The van der Waals surface area contributed by atoms with E-state index in [1.165, 1.54) is 122 Å². The predicted octanol–water partition coefficient (Wildman–Crippen LogP) is 18.7.